The van der Waals surface area contributed by atoms with Crippen LogP contribution in [-0.4, -0.2) is 51.6 Å². The van der Waals surface area contributed by atoms with E-state index in [1.807, 2.05) is 0 Å². The normalized spacial score (nSPS) is 20.1. The molecule has 1 aromatic carbocycles. The molecule has 2 saturated heterocycles. The summed E-state index contributed by atoms with van der Waals surface area (Å²) < 4.78 is 59.7. The van der Waals surface area contributed by atoms with Gasteiger partial charge in [-0.05, 0) is 49.9 Å². The monoisotopic (exact) mass is 440 g/mol. The van der Waals surface area contributed by atoms with Crippen LogP contribution in [0.1, 0.15) is 38.5 Å². The maximum absolute atomic E-state index is 12.9. The van der Waals surface area contributed by atoms with Crippen molar-refractivity contribution < 1.29 is 21.3 Å². The Morgan fingerprint density at radius 2 is 1.28 bits per heavy atom. The van der Waals surface area contributed by atoms with Crippen LogP contribution < -0.4 is 5.63 Å². The number of rotatable bonds is 4. The zero-order chi connectivity index (χ0) is 20.6. The molecule has 8 nitrogen and oxygen atoms in total. The van der Waals surface area contributed by atoms with Crippen LogP contribution in [-0.2, 0) is 20.0 Å². The molecule has 0 bridgehead atoms. The van der Waals surface area contributed by atoms with Crippen LogP contribution in [0.5, 0.6) is 0 Å². The zero-order valence-electron chi connectivity index (χ0n) is 16.0. The van der Waals surface area contributed by atoms with Crippen molar-refractivity contribution >= 4 is 31.0 Å². The average molecular weight is 441 g/mol. The smallest absolute Gasteiger partial charge is 0.356 e. The highest BCUT2D eigenvalue weighted by atomic mass is 32.2. The number of benzene rings is 1. The predicted octanol–water partition coefficient (Wildman–Crippen LogP) is 2.14. The number of nitrogens with zero attached hydrogens (tertiary/aromatic N) is 2. The van der Waals surface area contributed by atoms with E-state index in [1.165, 1.54) is 32.9 Å². The Hall–Kier alpha value is -1.75. The fourth-order valence-corrected chi connectivity index (χ4v) is 7.02. The topological polar surface area (TPSA) is 105 Å². The van der Waals surface area contributed by atoms with Gasteiger partial charge in [-0.15, -0.1) is 0 Å². The van der Waals surface area contributed by atoms with Crippen LogP contribution >= 0.6 is 0 Å². The van der Waals surface area contributed by atoms with Gasteiger partial charge in [0.15, 0.2) is 4.90 Å². The van der Waals surface area contributed by atoms with Gasteiger partial charge in [0.25, 0.3) is 0 Å². The highest BCUT2D eigenvalue weighted by molar-refractivity contribution is 7.89. The van der Waals surface area contributed by atoms with Crippen LogP contribution in [0.4, 0.5) is 0 Å². The third kappa shape index (κ3) is 3.86. The van der Waals surface area contributed by atoms with Crippen molar-refractivity contribution in [2.75, 3.05) is 26.2 Å². The molecule has 0 N–H and O–H groups in total. The first kappa shape index (κ1) is 20.5. The standard InChI is InChI=1S/C19H24N2O6S2/c22-19-18(29(25,26)21-11-5-2-6-12-21)14-15-13-16(7-8-17(15)27-19)28(23,24)20-9-3-1-4-10-20/h7-8,13-14H,1-6,9-12H2. The van der Waals surface area contributed by atoms with E-state index >= 15 is 0 Å². The first-order chi connectivity index (χ1) is 13.8. The summed E-state index contributed by atoms with van der Waals surface area (Å²) in [7, 11) is -7.66. The van der Waals surface area contributed by atoms with Crippen LogP contribution in [0.15, 0.2) is 43.3 Å². The largest absolute Gasteiger partial charge is 0.422 e. The lowest BCUT2D eigenvalue weighted by atomic mass is 10.2. The van der Waals surface area contributed by atoms with E-state index in [2.05, 4.69) is 0 Å². The second kappa shape index (κ2) is 7.82. The van der Waals surface area contributed by atoms with E-state index < -0.39 is 30.6 Å². The van der Waals surface area contributed by atoms with Gasteiger partial charge in [-0.3, -0.25) is 0 Å². The molecule has 0 saturated carbocycles. The van der Waals surface area contributed by atoms with Crippen molar-refractivity contribution in [3.05, 3.63) is 34.7 Å². The Balaban J connectivity index is 1.77. The van der Waals surface area contributed by atoms with Crippen LogP contribution in [0.3, 0.4) is 0 Å². The third-order valence-corrected chi connectivity index (χ3v) is 9.34. The van der Waals surface area contributed by atoms with Gasteiger partial charge in [0, 0.05) is 31.6 Å². The number of fused-ring (bicyclic) bond motifs is 1. The Bertz CT molecular complexity index is 1170. The molecule has 158 valence electrons. The second-order valence-corrected chi connectivity index (χ2v) is 11.4. The van der Waals surface area contributed by atoms with Gasteiger partial charge >= 0.3 is 5.63 Å². The lowest BCUT2D eigenvalue weighted by Gasteiger charge is -2.26. The molecule has 2 aliphatic rings. The maximum Gasteiger partial charge on any atom is 0.356 e. The molecule has 0 unspecified atom stereocenters. The minimum Gasteiger partial charge on any atom is -0.422 e. The maximum atomic E-state index is 12.9. The van der Waals surface area contributed by atoms with Crippen molar-refractivity contribution in [2.45, 2.75) is 48.3 Å². The average Bonchev–Trinajstić information content (AvgIpc) is 2.74. The van der Waals surface area contributed by atoms with Gasteiger partial charge in [-0.2, -0.15) is 8.61 Å². The van der Waals surface area contributed by atoms with Gasteiger partial charge < -0.3 is 4.42 Å². The summed E-state index contributed by atoms with van der Waals surface area (Å²) in [6.45, 7) is 1.67. The van der Waals surface area contributed by atoms with Crippen molar-refractivity contribution in [3.8, 4) is 0 Å². The first-order valence-electron chi connectivity index (χ1n) is 9.88. The number of hydrogen-bond donors (Lipinski definition) is 0. The quantitative estimate of drug-likeness (QED) is 0.675. The van der Waals surface area contributed by atoms with E-state index in [4.69, 9.17) is 4.42 Å². The van der Waals surface area contributed by atoms with Gasteiger partial charge in [-0.1, -0.05) is 12.8 Å². The molecule has 2 aliphatic heterocycles. The minimum atomic E-state index is -3.99. The SMILES string of the molecule is O=c1oc2ccc(S(=O)(=O)N3CCCCC3)cc2cc1S(=O)(=O)N1CCCCC1. The van der Waals surface area contributed by atoms with Gasteiger partial charge in [-0.25, -0.2) is 21.6 Å². The van der Waals surface area contributed by atoms with E-state index in [0.29, 0.717) is 26.2 Å². The molecule has 2 fully saturated rings. The summed E-state index contributed by atoms with van der Waals surface area (Å²) in [6.07, 6.45) is 5.09. The molecule has 0 aliphatic carbocycles. The molecule has 10 heteroatoms. The van der Waals surface area contributed by atoms with Crippen molar-refractivity contribution in [1.29, 1.82) is 0 Å². The van der Waals surface area contributed by atoms with Gasteiger partial charge in [0.2, 0.25) is 20.0 Å². The highest BCUT2D eigenvalue weighted by Gasteiger charge is 2.30. The van der Waals surface area contributed by atoms with Crippen LogP contribution in [0, 0.1) is 0 Å². The molecule has 0 spiro atoms. The fourth-order valence-electron chi connectivity index (χ4n) is 3.92. The summed E-state index contributed by atoms with van der Waals surface area (Å²) in [5.74, 6) is 0. The van der Waals surface area contributed by atoms with E-state index in [9.17, 15) is 21.6 Å². The molecule has 4 rings (SSSR count). The first-order valence-corrected chi connectivity index (χ1v) is 12.8. The summed E-state index contributed by atoms with van der Waals surface area (Å²) in [6, 6.07) is 5.43. The molecule has 2 aromatic rings. The summed E-state index contributed by atoms with van der Waals surface area (Å²) in [5.41, 5.74) is -0.778. The van der Waals surface area contributed by atoms with E-state index in [0.717, 1.165) is 38.5 Å². The predicted molar refractivity (Wildman–Crippen MR) is 108 cm³/mol. The van der Waals surface area contributed by atoms with Crippen LogP contribution in [0.2, 0.25) is 0 Å². The van der Waals surface area contributed by atoms with E-state index in [1.54, 1.807) is 0 Å². The summed E-state index contributed by atoms with van der Waals surface area (Å²) in [4.78, 5) is 12.0. The lowest BCUT2D eigenvalue weighted by molar-refractivity contribution is 0.345. The van der Waals surface area contributed by atoms with Gasteiger partial charge in [0.1, 0.15) is 5.58 Å². The number of sulfonamides is 2. The molecular formula is C19H24N2O6S2. The summed E-state index contributed by atoms with van der Waals surface area (Å²) in [5, 5.41) is 0.276. The Morgan fingerprint density at radius 3 is 1.86 bits per heavy atom. The molecule has 29 heavy (non-hydrogen) atoms. The minimum absolute atomic E-state index is 0.0714. The Labute approximate surface area is 170 Å². The molecule has 1 aromatic heterocycles. The van der Waals surface area contributed by atoms with Crippen molar-refractivity contribution in [2.24, 2.45) is 0 Å². The van der Waals surface area contributed by atoms with Crippen molar-refractivity contribution in [3.63, 3.8) is 0 Å². The lowest BCUT2D eigenvalue weighted by Crippen LogP contribution is -2.37. The van der Waals surface area contributed by atoms with Crippen molar-refractivity contribution in [1.82, 2.24) is 8.61 Å². The Kier molecular flexibility index (Phi) is 5.54. The zero-order valence-corrected chi connectivity index (χ0v) is 17.7. The molecule has 0 amide bonds. The molecule has 0 radical (unpaired) electrons. The second-order valence-electron chi connectivity index (χ2n) is 7.53. The van der Waals surface area contributed by atoms with E-state index in [-0.39, 0.29) is 15.9 Å². The molecule has 0 atom stereocenters. The fraction of sp³-hybridized carbons (Fsp3) is 0.526. The molecule has 3 heterocycles. The highest BCUT2D eigenvalue weighted by Crippen LogP contribution is 2.26. The molecular weight excluding hydrogens is 416 g/mol. The summed E-state index contributed by atoms with van der Waals surface area (Å²) >= 11 is 0. The number of piperidine rings is 2. The third-order valence-electron chi connectivity index (χ3n) is 5.56. The number of hydrogen-bond acceptors (Lipinski definition) is 6. The Morgan fingerprint density at radius 1 is 0.724 bits per heavy atom. The van der Waals surface area contributed by atoms with Crippen LogP contribution in [0.25, 0.3) is 11.0 Å². The van der Waals surface area contributed by atoms with Gasteiger partial charge in [0.05, 0.1) is 4.90 Å².